The van der Waals surface area contributed by atoms with E-state index in [9.17, 15) is 5.11 Å². The lowest BCUT2D eigenvalue weighted by molar-refractivity contribution is 0.171. The van der Waals surface area contributed by atoms with Gasteiger partial charge in [-0.15, -0.1) is 0 Å². The molecular weight excluding hydrogens is 198 g/mol. The summed E-state index contributed by atoms with van der Waals surface area (Å²) in [6.45, 7) is 9.43. The van der Waals surface area contributed by atoms with E-state index in [4.69, 9.17) is 0 Å². The number of aliphatic hydroxyl groups excluding tert-OH is 1. The fourth-order valence-electron chi connectivity index (χ4n) is 2.80. The van der Waals surface area contributed by atoms with E-state index in [-0.39, 0.29) is 6.61 Å². The maximum Gasteiger partial charge on any atom is 0.0584 e. The molecule has 1 rings (SSSR count). The van der Waals surface area contributed by atoms with Crippen molar-refractivity contribution < 1.29 is 5.11 Å². The highest BCUT2D eigenvalue weighted by Crippen LogP contribution is 2.29. The SMILES string of the molecule is CC(C)CC(CO)NC1CCC(C)C(C)C1. The van der Waals surface area contributed by atoms with Crippen molar-refractivity contribution in [2.45, 2.75) is 65.5 Å². The van der Waals surface area contributed by atoms with E-state index >= 15 is 0 Å². The maximum atomic E-state index is 9.36. The normalized spacial score (nSPS) is 33.0. The molecule has 1 fully saturated rings. The standard InChI is InChI=1S/C14H29NO/c1-10(2)7-14(9-16)15-13-6-5-11(3)12(4)8-13/h10-16H,5-9H2,1-4H3. The van der Waals surface area contributed by atoms with Gasteiger partial charge in [-0.1, -0.05) is 27.7 Å². The zero-order chi connectivity index (χ0) is 12.1. The molecule has 4 unspecified atom stereocenters. The number of hydrogen-bond acceptors (Lipinski definition) is 2. The Labute approximate surface area is 101 Å². The Balaban J connectivity index is 2.35. The molecule has 1 saturated carbocycles. The van der Waals surface area contributed by atoms with E-state index in [1.165, 1.54) is 19.3 Å². The molecule has 2 nitrogen and oxygen atoms in total. The molecular formula is C14H29NO. The smallest absolute Gasteiger partial charge is 0.0584 e. The van der Waals surface area contributed by atoms with Crippen molar-refractivity contribution in [1.29, 1.82) is 0 Å². The number of hydrogen-bond donors (Lipinski definition) is 2. The summed E-state index contributed by atoms with van der Waals surface area (Å²) in [5.74, 6) is 2.35. The van der Waals surface area contributed by atoms with Crippen molar-refractivity contribution in [1.82, 2.24) is 5.32 Å². The lowest BCUT2D eigenvalue weighted by Crippen LogP contribution is -2.44. The Bertz CT molecular complexity index is 193. The van der Waals surface area contributed by atoms with Crippen LogP contribution in [0.1, 0.15) is 53.4 Å². The Morgan fingerprint density at radius 1 is 1.19 bits per heavy atom. The highest BCUT2D eigenvalue weighted by Gasteiger charge is 2.25. The van der Waals surface area contributed by atoms with Gasteiger partial charge in [-0.05, 0) is 43.4 Å². The average Bonchev–Trinajstić information content (AvgIpc) is 2.22. The molecule has 96 valence electrons. The minimum atomic E-state index is 0.276. The van der Waals surface area contributed by atoms with Gasteiger partial charge in [-0.2, -0.15) is 0 Å². The van der Waals surface area contributed by atoms with E-state index in [1.807, 2.05) is 0 Å². The van der Waals surface area contributed by atoms with Gasteiger partial charge in [0.05, 0.1) is 6.61 Å². The van der Waals surface area contributed by atoms with Crippen molar-refractivity contribution >= 4 is 0 Å². The monoisotopic (exact) mass is 227 g/mol. The molecule has 0 aromatic rings. The van der Waals surface area contributed by atoms with Gasteiger partial charge < -0.3 is 10.4 Å². The first-order valence-corrected chi connectivity index (χ1v) is 6.89. The molecule has 0 bridgehead atoms. The largest absolute Gasteiger partial charge is 0.395 e. The first-order valence-electron chi connectivity index (χ1n) is 6.89. The lowest BCUT2D eigenvalue weighted by atomic mass is 9.79. The molecule has 1 aliphatic carbocycles. The summed E-state index contributed by atoms with van der Waals surface area (Å²) in [5, 5.41) is 13.0. The van der Waals surface area contributed by atoms with Gasteiger partial charge >= 0.3 is 0 Å². The highest BCUT2D eigenvalue weighted by molar-refractivity contribution is 4.82. The fraction of sp³-hybridized carbons (Fsp3) is 1.00. The summed E-state index contributed by atoms with van der Waals surface area (Å²) in [5.41, 5.74) is 0. The quantitative estimate of drug-likeness (QED) is 0.757. The van der Waals surface area contributed by atoms with Gasteiger partial charge in [0.1, 0.15) is 0 Å². The minimum Gasteiger partial charge on any atom is -0.395 e. The molecule has 0 aromatic carbocycles. The van der Waals surface area contributed by atoms with E-state index in [0.29, 0.717) is 18.0 Å². The summed E-state index contributed by atoms with van der Waals surface area (Å²) in [6.07, 6.45) is 4.96. The fourth-order valence-corrected chi connectivity index (χ4v) is 2.80. The Morgan fingerprint density at radius 2 is 1.88 bits per heavy atom. The third kappa shape index (κ3) is 4.42. The van der Waals surface area contributed by atoms with Crippen LogP contribution in [0.5, 0.6) is 0 Å². The van der Waals surface area contributed by atoms with Crippen LogP contribution in [0, 0.1) is 17.8 Å². The van der Waals surface area contributed by atoms with Crippen LogP contribution in [0.3, 0.4) is 0 Å². The molecule has 2 N–H and O–H groups in total. The zero-order valence-corrected chi connectivity index (χ0v) is 11.4. The molecule has 0 aliphatic heterocycles. The van der Waals surface area contributed by atoms with E-state index in [0.717, 1.165) is 18.3 Å². The van der Waals surface area contributed by atoms with Crippen molar-refractivity contribution in [2.24, 2.45) is 17.8 Å². The molecule has 0 amide bonds. The topological polar surface area (TPSA) is 32.3 Å². The molecule has 0 spiro atoms. The second kappa shape index (κ2) is 6.61. The summed E-state index contributed by atoms with van der Waals surface area (Å²) in [6, 6.07) is 0.924. The number of aliphatic hydroxyl groups is 1. The van der Waals surface area contributed by atoms with Crippen LogP contribution < -0.4 is 5.32 Å². The Morgan fingerprint density at radius 3 is 2.38 bits per heavy atom. The van der Waals surface area contributed by atoms with Crippen molar-refractivity contribution in [3.63, 3.8) is 0 Å². The van der Waals surface area contributed by atoms with Gasteiger partial charge in [0.25, 0.3) is 0 Å². The first-order chi connectivity index (χ1) is 7.52. The van der Waals surface area contributed by atoms with Crippen LogP contribution in [-0.2, 0) is 0 Å². The van der Waals surface area contributed by atoms with Crippen LogP contribution in [0.15, 0.2) is 0 Å². The van der Waals surface area contributed by atoms with Crippen molar-refractivity contribution in [3.05, 3.63) is 0 Å². The molecule has 0 aromatic heterocycles. The van der Waals surface area contributed by atoms with Crippen molar-refractivity contribution in [2.75, 3.05) is 6.61 Å². The summed E-state index contributed by atoms with van der Waals surface area (Å²) in [7, 11) is 0. The molecule has 1 aliphatic rings. The molecule has 0 radical (unpaired) electrons. The van der Waals surface area contributed by atoms with Crippen LogP contribution in [0.2, 0.25) is 0 Å². The maximum absolute atomic E-state index is 9.36. The second-order valence-electron chi connectivity index (χ2n) is 6.14. The summed E-state index contributed by atoms with van der Waals surface area (Å²) in [4.78, 5) is 0. The molecule has 4 atom stereocenters. The molecule has 0 saturated heterocycles. The average molecular weight is 227 g/mol. The second-order valence-corrected chi connectivity index (χ2v) is 6.14. The first kappa shape index (κ1) is 14.0. The van der Waals surface area contributed by atoms with E-state index < -0.39 is 0 Å². The van der Waals surface area contributed by atoms with Gasteiger partial charge in [0.2, 0.25) is 0 Å². The summed E-state index contributed by atoms with van der Waals surface area (Å²) >= 11 is 0. The molecule has 0 heterocycles. The van der Waals surface area contributed by atoms with Crippen LogP contribution in [-0.4, -0.2) is 23.8 Å². The van der Waals surface area contributed by atoms with Crippen LogP contribution in [0.25, 0.3) is 0 Å². The van der Waals surface area contributed by atoms with Crippen molar-refractivity contribution in [3.8, 4) is 0 Å². The molecule has 2 heteroatoms. The predicted octanol–water partition coefficient (Wildman–Crippen LogP) is 2.81. The third-order valence-corrected chi connectivity index (χ3v) is 4.05. The summed E-state index contributed by atoms with van der Waals surface area (Å²) < 4.78 is 0. The van der Waals surface area contributed by atoms with Gasteiger partial charge in [0.15, 0.2) is 0 Å². The number of nitrogens with one attached hydrogen (secondary N) is 1. The Hall–Kier alpha value is -0.0800. The Kier molecular flexibility index (Phi) is 5.77. The van der Waals surface area contributed by atoms with E-state index in [1.54, 1.807) is 0 Å². The third-order valence-electron chi connectivity index (χ3n) is 4.05. The van der Waals surface area contributed by atoms with Crippen LogP contribution in [0.4, 0.5) is 0 Å². The van der Waals surface area contributed by atoms with Gasteiger partial charge in [0, 0.05) is 12.1 Å². The minimum absolute atomic E-state index is 0.276. The molecule has 16 heavy (non-hydrogen) atoms. The lowest BCUT2D eigenvalue weighted by Gasteiger charge is -2.35. The zero-order valence-electron chi connectivity index (χ0n) is 11.4. The number of rotatable bonds is 5. The van der Waals surface area contributed by atoms with E-state index in [2.05, 4.69) is 33.0 Å². The highest BCUT2D eigenvalue weighted by atomic mass is 16.3. The van der Waals surface area contributed by atoms with Crippen LogP contribution >= 0.6 is 0 Å². The van der Waals surface area contributed by atoms with Gasteiger partial charge in [-0.25, -0.2) is 0 Å². The van der Waals surface area contributed by atoms with Gasteiger partial charge in [-0.3, -0.25) is 0 Å². The predicted molar refractivity (Wildman–Crippen MR) is 69.4 cm³/mol.